The van der Waals surface area contributed by atoms with Gasteiger partial charge in [-0.25, -0.2) is 8.78 Å². The second-order valence-corrected chi connectivity index (χ2v) is 8.65. The Balaban J connectivity index is 1.40. The van der Waals surface area contributed by atoms with Gasteiger partial charge in [-0.1, -0.05) is 0 Å². The Hall–Kier alpha value is -1.34. The van der Waals surface area contributed by atoms with Crippen LogP contribution in [0.25, 0.3) is 0 Å². The van der Waals surface area contributed by atoms with E-state index < -0.39 is 17.6 Å². The fourth-order valence-electron chi connectivity index (χ4n) is 5.13. The molecule has 4 rings (SSSR count). The van der Waals surface area contributed by atoms with E-state index in [-0.39, 0.29) is 22.9 Å². The maximum absolute atomic E-state index is 14.4. The highest BCUT2D eigenvalue weighted by molar-refractivity contribution is 5.44. The molecule has 2 saturated heterocycles. The molecule has 1 aliphatic carbocycles. The van der Waals surface area contributed by atoms with Gasteiger partial charge in [-0.2, -0.15) is 9.37 Å². The van der Waals surface area contributed by atoms with Crippen LogP contribution in [0.1, 0.15) is 50.5 Å². The average Bonchev–Trinajstić information content (AvgIpc) is 3.08. The lowest BCUT2D eigenvalue weighted by atomic mass is 9.77. The van der Waals surface area contributed by atoms with E-state index in [4.69, 9.17) is 0 Å². The lowest BCUT2D eigenvalue weighted by Crippen LogP contribution is -2.44. The van der Waals surface area contributed by atoms with E-state index in [1.807, 2.05) is 0 Å². The third kappa shape index (κ3) is 3.56. The summed E-state index contributed by atoms with van der Waals surface area (Å²) < 4.78 is 41.5. The van der Waals surface area contributed by atoms with E-state index in [2.05, 4.69) is 9.88 Å². The van der Waals surface area contributed by atoms with Gasteiger partial charge in [0.1, 0.15) is 0 Å². The summed E-state index contributed by atoms with van der Waals surface area (Å²) in [6.45, 7) is 4.61. The van der Waals surface area contributed by atoms with Gasteiger partial charge < -0.3 is 10.0 Å². The van der Waals surface area contributed by atoms with E-state index in [0.29, 0.717) is 19.1 Å². The lowest BCUT2D eigenvalue weighted by molar-refractivity contribution is 0.0762. The normalized spacial score (nSPS) is 28.9. The van der Waals surface area contributed by atoms with Gasteiger partial charge in [-0.05, 0) is 63.8 Å². The van der Waals surface area contributed by atoms with Crippen LogP contribution >= 0.6 is 0 Å². The molecule has 7 heteroatoms. The zero-order chi connectivity index (χ0) is 19.2. The number of likely N-dealkylation sites (tertiary alicyclic amines) is 1. The van der Waals surface area contributed by atoms with Crippen molar-refractivity contribution < 1.29 is 18.3 Å². The summed E-state index contributed by atoms with van der Waals surface area (Å²) in [5, 5.41) is 9.72. The number of anilines is 1. The van der Waals surface area contributed by atoms with Crippen LogP contribution in [-0.4, -0.2) is 53.3 Å². The van der Waals surface area contributed by atoms with E-state index >= 15 is 0 Å². The van der Waals surface area contributed by atoms with E-state index in [0.717, 1.165) is 58.0 Å². The van der Waals surface area contributed by atoms with Crippen molar-refractivity contribution in [3.8, 4) is 0 Å². The minimum absolute atomic E-state index is 0.0580. The zero-order valence-electron chi connectivity index (χ0n) is 15.9. The summed E-state index contributed by atoms with van der Waals surface area (Å²) in [5.74, 6) is -3.24. The van der Waals surface area contributed by atoms with Crippen LogP contribution < -0.4 is 4.90 Å². The monoisotopic (exact) mass is 383 g/mol. The van der Waals surface area contributed by atoms with Crippen molar-refractivity contribution in [1.82, 2.24) is 9.88 Å². The SMILES string of the molecule is Cc1c(F)c(F)nc(N2CCC3(CC2)CCN(C2CCC(O)CC2)C3)c1F. The molecule has 1 aromatic heterocycles. The average molecular weight is 383 g/mol. The number of hydrogen-bond acceptors (Lipinski definition) is 4. The molecule has 3 fully saturated rings. The van der Waals surface area contributed by atoms with Gasteiger partial charge in [-0.15, -0.1) is 0 Å². The molecular weight excluding hydrogens is 355 g/mol. The Morgan fingerprint density at radius 2 is 1.59 bits per heavy atom. The van der Waals surface area contributed by atoms with E-state index in [1.54, 1.807) is 4.90 Å². The number of piperidine rings is 1. The molecule has 0 bridgehead atoms. The van der Waals surface area contributed by atoms with Crippen molar-refractivity contribution in [2.45, 2.75) is 64.0 Å². The first-order chi connectivity index (χ1) is 12.9. The first-order valence-corrected chi connectivity index (χ1v) is 10.1. The van der Waals surface area contributed by atoms with Crippen molar-refractivity contribution >= 4 is 5.82 Å². The van der Waals surface area contributed by atoms with Crippen LogP contribution in [0.4, 0.5) is 19.0 Å². The Morgan fingerprint density at radius 3 is 2.26 bits per heavy atom. The predicted octanol–water partition coefficient (Wildman–Crippen LogP) is 3.40. The lowest BCUT2D eigenvalue weighted by Gasteiger charge is -2.41. The van der Waals surface area contributed by atoms with Gasteiger partial charge in [0.05, 0.1) is 6.10 Å². The summed E-state index contributed by atoms with van der Waals surface area (Å²) in [6.07, 6.45) is 6.73. The number of rotatable bonds is 2. The van der Waals surface area contributed by atoms with E-state index in [1.165, 1.54) is 6.92 Å². The summed E-state index contributed by atoms with van der Waals surface area (Å²) in [4.78, 5) is 7.87. The Labute approximate surface area is 158 Å². The molecule has 150 valence electrons. The number of pyridine rings is 1. The van der Waals surface area contributed by atoms with Crippen LogP contribution in [-0.2, 0) is 0 Å². The molecule has 1 saturated carbocycles. The standard InChI is InChI=1S/C20H28F3N3O/c1-13-16(21)18(23)24-19(17(13)22)25-9-6-20(7-10-25)8-11-26(12-20)14-2-4-15(27)5-3-14/h14-15,27H,2-12H2,1H3. The molecular formula is C20H28F3N3O. The van der Waals surface area contributed by atoms with Crippen LogP contribution in [0.5, 0.6) is 0 Å². The molecule has 3 heterocycles. The van der Waals surface area contributed by atoms with Gasteiger partial charge in [0.15, 0.2) is 17.5 Å². The van der Waals surface area contributed by atoms with Gasteiger partial charge in [0.2, 0.25) is 0 Å². The predicted molar refractivity (Wildman–Crippen MR) is 97.2 cm³/mol. The molecule has 0 radical (unpaired) electrons. The molecule has 4 nitrogen and oxygen atoms in total. The van der Waals surface area contributed by atoms with Crippen molar-refractivity contribution in [3.05, 3.63) is 23.1 Å². The molecule has 1 N–H and O–H groups in total. The van der Waals surface area contributed by atoms with E-state index in [9.17, 15) is 18.3 Å². The molecule has 1 spiro atoms. The maximum Gasteiger partial charge on any atom is 0.251 e. The fraction of sp³-hybridized carbons (Fsp3) is 0.750. The van der Waals surface area contributed by atoms with Crippen molar-refractivity contribution in [1.29, 1.82) is 0 Å². The third-order valence-corrected chi connectivity index (χ3v) is 7.01. The summed E-state index contributed by atoms with van der Waals surface area (Å²) in [5.41, 5.74) is -0.0688. The van der Waals surface area contributed by atoms with Crippen LogP contribution in [0, 0.1) is 29.9 Å². The molecule has 3 aliphatic rings. The number of halogens is 3. The highest BCUT2D eigenvalue weighted by Gasteiger charge is 2.43. The number of aromatic nitrogens is 1. The summed E-state index contributed by atoms with van der Waals surface area (Å²) >= 11 is 0. The summed E-state index contributed by atoms with van der Waals surface area (Å²) in [7, 11) is 0. The minimum Gasteiger partial charge on any atom is -0.393 e. The molecule has 2 aliphatic heterocycles. The smallest absolute Gasteiger partial charge is 0.251 e. The second-order valence-electron chi connectivity index (χ2n) is 8.65. The molecule has 0 unspecified atom stereocenters. The maximum atomic E-state index is 14.4. The highest BCUT2D eigenvalue weighted by Crippen LogP contribution is 2.43. The minimum atomic E-state index is -1.23. The van der Waals surface area contributed by atoms with Gasteiger partial charge in [0, 0.05) is 31.2 Å². The number of aliphatic hydroxyl groups excluding tert-OH is 1. The Bertz CT molecular complexity index is 698. The largest absolute Gasteiger partial charge is 0.393 e. The van der Waals surface area contributed by atoms with Gasteiger partial charge in [-0.3, -0.25) is 4.90 Å². The quantitative estimate of drug-likeness (QED) is 0.795. The summed E-state index contributed by atoms with van der Waals surface area (Å²) in [6, 6.07) is 0.568. The molecule has 1 aromatic rings. The van der Waals surface area contributed by atoms with Crippen molar-refractivity contribution in [2.24, 2.45) is 5.41 Å². The van der Waals surface area contributed by atoms with Crippen molar-refractivity contribution in [3.63, 3.8) is 0 Å². The van der Waals surface area contributed by atoms with Gasteiger partial charge >= 0.3 is 0 Å². The first-order valence-electron chi connectivity index (χ1n) is 10.1. The molecule has 0 atom stereocenters. The number of aliphatic hydroxyl groups is 1. The third-order valence-electron chi connectivity index (χ3n) is 7.01. The topological polar surface area (TPSA) is 39.6 Å². The number of nitrogens with zero attached hydrogens (tertiary/aromatic N) is 3. The van der Waals surface area contributed by atoms with Gasteiger partial charge in [0.25, 0.3) is 5.95 Å². The Kier molecular flexibility index (Phi) is 5.10. The van der Waals surface area contributed by atoms with Crippen LogP contribution in [0.3, 0.4) is 0 Å². The van der Waals surface area contributed by atoms with Crippen LogP contribution in [0.15, 0.2) is 0 Å². The zero-order valence-corrected chi connectivity index (χ0v) is 15.9. The highest BCUT2D eigenvalue weighted by atomic mass is 19.2. The Morgan fingerprint density at radius 1 is 0.963 bits per heavy atom. The first kappa shape index (κ1) is 19.0. The van der Waals surface area contributed by atoms with Crippen LogP contribution in [0.2, 0.25) is 0 Å². The molecule has 0 amide bonds. The molecule has 0 aromatic carbocycles. The molecule has 27 heavy (non-hydrogen) atoms. The number of hydrogen-bond donors (Lipinski definition) is 1. The van der Waals surface area contributed by atoms with Crippen molar-refractivity contribution in [2.75, 3.05) is 31.1 Å². The second kappa shape index (κ2) is 7.24. The fourth-order valence-corrected chi connectivity index (χ4v) is 5.13.